The van der Waals surface area contributed by atoms with E-state index in [9.17, 15) is 8.42 Å². The van der Waals surface area contributed by atoms with E-state index in [0.717, 1.165) is 38.0 Å². The van der Waals surface area contributed by atoms with Crippen LogP contribution in [-0.4, -0.2) is 39.0 Å². The number of hydrogen-bond donors (Lipinski definition) is 1. The van der Waals surface area contributed by atoms with Crippen LogP contribution < -0.4 is 4.72 Å². The van der Waals surface area contributed by atoms with E-state index < -0.39 is 10.0 Å². The molecular weight excluding hydrogens is 260 g/mol. The maximum atomic E-state index is 12.4. The molecule has 0 radical (unpaired) electrons. The van der Waals surface area contributed by atoms with Gasteiger partial charge in [-0.2, -0.15) is 0 Å². The van der Waals surface area contributed by atoms with Crippen LogP contribution in [0.2, 0.25) is 0 Å². The van der Waals surface area contributed by atoms with E-state index in [1.54, 1.807) is 18.2 Å². The number of fused-ring (bicyclic) bond motifs is 3. The second kappa shape index (κ2) is 4.89. The van der Waals surface area contributed by atoms with Gasteiger partial charge in [0, 0.05) is 12.6 Å². The largest absolute Gasteiger partial charge is 0.302 e. The Morgan fingerprint density at radius 1 is 1.26 bits per heavy atom. The van der Waals surface area contributed by atoms with E-state index in [-0.39, 0.29) is 6.04 Å². The number of benzene rings is 1. The third-order valence-electron chi connectivity index (χ3n) is 4.26. The van der Waals surface area contributed by atoms with Crippen LogP contribution in [0.4, 0.5) is 0 Å². The SMILES string of the molecule is Cc1cccc(S(=O)(=O)NC2CN3CCC2CC3)c1. The third kappa shape index (κ3) is 2.68. The highest BCUT2D eigenvalue weighted by Crippen LogP contribution is 2.28. The zero-order valence-corrected chi connectivity index (χ0v) is 12.0. The van der Waals surface area contributed by atoms with Gasteiger partial charge in [0.05, 0.1) is 4.90 Å². The van der Waals surface area contributed by atoms with Crippen LogP contribution in [0.15, 0.2) is 29.2 Å². The molecule has 3 fully saturated rings. The van der Waals surface area contributed by atoms with Gasteiger partial charge in [-0.05, 0) is 56.5 Å². The molecule has 5 heteroatoms. The molecular formula is C14H20N2O2S. The molecule has 3 aliphatic rings. The molecule has 1 atom stereocenters. The van der Waals surface area contributed by atoms with Gasteiger partial charge in [-0.25, -0.2) is 13.1 Å². The molecule has 1 aromatic carbocycles. The van der Waals surface area contributed by atoms with Gasteiger partial charge in [0.2, 0.25) is 10.0 Å². The van der Waals surface area contributed by atoms with E-state index >= 15 is 0 Å². The first-order valence-electron chi connectivity index (χ1n) is 6.86. The molecule has 1 unspecified atom stereocenters. The molecule has 4 rings (SSSR count). The molecule has 2 bridgehead atoms. The number of nitrogens with one attached hydrogen (secondary N) is 1. The third-order valence-corrected chi connectivity index (χ3v) is 5.75. The Hall–Kier alpha value is -0.910. The van der Waals surface area contributed by atoms with Gasteiger partial charge in [-0.1, -0.05) is 12.1 Å². The number of aryl methyl sites for hydroxylation is 1. The van der Waals surface area contributed by atoms with E-state index in [0.29, 0.717) is 10.8 Å². The Morgan fingerprint density at radius 2 is 2.00 bits per heavy atom. The van der Waals surface area contributed by atoms with Crippen molar-refractivity contribution in [3.05, 3.63) is 29.8 Å². The molecule has 0 amide bonds. The molecule has 0 aliphatic carbocycles. The molecule has 1 aromatic rings. The summed E-state index contributed by atoms with van der Waals surface area (Å²) < 4.78 is 27.7. The van der Waals surface area contributed by atoms with Gasteiger partial charge in [-0.3, -0.25) is 0 Å². The highest BCUT2D eigenvalue weighted by Gasteiger charge is 2.36. The lowest BCUT2D eigenvalue weighted by Crippen LogP contribution is -2.57. The van der Waals surface area contributed by atoms with Crippen molar-refractivity contribution < 1.29 is 8.42 Å². The minimum absolute atomic E-state index is 0.0769. The fraction of sp³-hybridized carbons (Fsp3) is 0.571. The fourth-order valence-corrected chi connectivity index (χ4v) is 4.55. The van der Waals surface area contributed by atoms with Crippen molar-refractivity contribution >= 4 is 10.0 Å². The quantitative estimate of drug-likeness (QED) is 0.909. The normalized spacial score (nSPS) is 30.5. The summed E-state index contributed by atoms with van der Waals surface area (Å²) in [6.07, 6.45) is 2.22. The van der Waals surface area contributed by atoms with Crippen LogP contribution in [0.25, 0.3) is 0 Å². The van der Waals surface area contributed by atoms with Crippen LogP contribution in [0.3, 0.4) is 0 Å². The van der Waals surface area contributed by atoms with E-state index in [1.807, 2.05) is 13.0 Å². The average Bonchev–Trinajstić information content (AvgIpc) is 2.39. The monoisotopic (exact) mass is 280 g/mol. The first-order valence-corrected chi connectivity index (χ1v) is 8.34. The summed E-state index contributed by atoms with van der Waals surface area (Å²) in [5.74, 6) is 0.504. The predicted octanol–water partition coefficient (Wildman–Crippen LogP) is 1.37. The van der Waals surface area contributed by atoms with Crippen molar-refractivity contribution in [3.8, 4) is 0 Å². The summed E-state index contributed by atoms with van der Waals surface area (Å²) in [6, 6.07) is 7.17. The van der Waals surface area contributed by atoms with Crippen LogP contribution in [0, 0.1) is 12.8 Å². The average molecular weight is 280 g/mol. The van der Waals surface area contributed by atoms with Gasteiger partial charge in [0.15, 0.2) is 0 Å². The summed E-state index contributed by atoms with van der Waals surface area (Å²) in [5.41, 5.74) is 0.969. The highest BCUT2D eigenvalue weighted by molar-refractivity contribution is 7.89. The van der Waals surface area contributed by atoms with Crippen molar-refractivity contribution in [1.82, 2.24) is 9.62 Å². The van der Waals surface area contributed by atoms with Crippen molar-refractivity contribution in [2.45, 2.75) is 30.7 Å². The van der Waals surface area contributed by atoms with E-state index in [1.165, 1.54) is 0 Å². The minimum Gasteiger partial charge on any atom is -0.302 e. The molecule has 3 aliphatic heterocycles. The Bertz CT molecular complexity index is 563. The standard InChI is InChI=1S/C14H20N2O2S/c1-11-3-2-4-13(9-11)19(17,18)15-14-10-16-7-5-12(14)6-8-16/h2-4,9,12,14-15H,5-8,10H2,1H3. The van der Waals surface area contributed by atoms with Gasteiger partial charge in [0.25, 0.3) is 0 Å². The second-order valence-electron chi connectivity index (χ2n) is 5.68. The lowest BCUT2D eigenvalue weighted by molar-refractivity contribution is 0.0827. The Balaban J connectivity index is 1.79. The van der Waals surface area contributed by atoms with Crippen LogP contribution in [0.1, 0.15) is 18.4 Å². The molecule has 0 aromatic heterocycles. The number of sulfonamides is 1. The number of rotatable bonds is 3. The van der Waals surface area contributed by atoms with Crippen LogP contribution >= 0.6 is 0 Å². The molecule has 0 spiro atoms. The number of piperidine rings is 3. The zero-order chi connectivity index (χ0) is 13.5. The lowest BCUT2D eigenvalue weighted by Gasteiger charge is -2.44. The lowest BCUT2D eigenvalue weighted by atomic mass is 9.85. The smallest absolute Gasteiger partial charge is 0.240 e. The minimum atomic E-state index is -3.38. The molecule has 3 heterocycles. The van der Waals surface area contributed by atoms with Gasteiger partial charge in [-0.15, -0.1) is 0 Å². The zero-order valence-electron chi connectivity index (χ0n) is 11.2. The molecule has 3 saturated heterocycles. The molecule has 0 saturated carbocycles. The van der Waals surface area contributed by atoms with Gasteiger partial charge >= 0.3 is 0 Å². The van der Waals surface area contributed by atoms with Gasteiger partial charge in [0.1, 0.15) is 0 Å². The Morgan fingerprint density at radius 3 is 2.58 bits per heavy atom. The van der Waals surface area contributed by atoms with Crippen molar-refractivity contribution in [2.75, 3.05) is 19.6 Å². The highest BCUT2D eigenvalue weighted by atomic mass is 32.2. The van der Waals surface area contributed by atoms with Crippen molar-refractivity contribution in [1.29, 1.82) is 0 Å². The molecule has 1 N–H and O–H groups in total. The van der Waals surface area contributed by atoms with Crippen LogP contribution in [-0.2, 0) is 10.0 Å². The number of hydrogen-bond acceptors (Lipinski definition) is 3. The summed E-state index contributed by atoms with van der Waals surface area (Å²) in [7, 11) is -3.38. The van der Waals surface area contributed by atoms with E-state index in [2.05, 4.69) is 9.62 Å². The topological polar surface area (TPSA) is 49.4 Å². The van der Waals surface area contributed by atoms with Gasteiger partial charge < -0.3 is 4.90 Å². The molecule has 4 nitrogen and oxygen atoms in total. The first-order chi connectivity index (χ1) is 9.04. The fourth-order valence-electron chi connectivity index (χ4n) is 3.15. The maximum absolute atomic E-state index is 12.4. The maximum Gasteiger partial charge on any atom is 0.240 e. The van der Waals surface area contributed by atoms with Crippen LogP contribution in [0.5, 0.6) is 0 Å². The summed E-state index contributed by atoms with van der Waals surface area (Å²) >= 11 is 0. The Kier molecular flexibility index (Phi) is 3.37. The van der Waals surface area contributed by atoms with E-state index in [4.69, 9.17) is 0 Å². The Labute approximate surface area is 114 Å². The first kappa shape index (κ1) is 13.1. The molecule has 19 heavy (non-hydrogen) atoms. The van der Waals surface area contributed by atoms with Crippen molar-refractivity contribution in [3.63, 3.8) is 0 Å². The number of nitrogens with zero attached hydrogens (tertiary/aromatic N) is 1. The van der Waals surface area contributed by atoms with Crippen molar-refractivity contribution in [2.24, 2.45) is 5.92 Å². The molecule has 104 valence electrons. The summed E-state index contributed by atoms with van der Waals surface area (Å²) in [4.78, 5) is 2.73. The second-order valence-corrected chi connectivity index (χ2v) is 7.40. The summed E-state index contributed by atoms with van der Waals surface area (Å²) in [5, 5.41) is 0. The summed E-state index contributed by atoms with van der Waals surface area (Å²) in [6.45, 7) is 5.00. The predicted molar refractivity (Wildman–Crippen MR) is 74.5 cm³/mol.